The minimum Gasteiger partial charge on any atom is -0.495 e. The van der Waals surface area contributed by atoms with Crippen LogP contribution in [0.3, 0.4) is 0 Å². The third kappa shape index (κ3) is 3.74. The van der Waals surface area contributed by atoms with Gasteiger partial charge in [-0.25, -0.2) is 8.42 Å². The highest BCUT2D eigenvalue weighted by molar-refractivity contribution is 7.92. The van der Waals surface area contributed by atoms with E-state index in [1.165, 1.54) is 19.1 Å². The van der Waals surface area contributed by atoms with Crippen LogP contribution in [0.5, 0.6) is 5.75 Å². The van der Waals surface area contributed by atoms with E-state index in [2.05, 4.69) is 16.0 Å². The molecule has 4 rings (SSSR count). The van der Waals surface area contributed by atoms with Crippen LogP contribution in [0.1, 0.15) is 43.7 Å². The molecule has 0 aliphatic heterocycles. The van der Waals surface area contributed by atoms with Crippen LogP contribution in [0.4, 0.5) is 5.82 Å². The van der Waals surface area contributed by atoms with Gasteiger partial charge in [0.2, 0.25) is 0 Å². The van der Waals surface area contributed by atoms with Gasteiger partial charge in [-0.05, 0) is 61.4 Å². The van der Waals surface area contributed by atoms with Gasteiger partial charge < -0.3 is 9.26 Å². The maximum absolute atomic E-state index is 13.1. The van der Waals surface area contributed by atoms with Gasteiger partial charge in [0, 0.05) is 5.56 Å². The molecule has 0 saturated carbocycles. The van der Waals surface area contributed by atoms with E-state index in [0.29, 0.717) is 11.0 Å². The molecule has 1 aliphatic rings. The number of methoxy groups -OCH3 is 1. The Morgan fingerprint density at radius 2 is 2.07 bits per heavy atom. The van der Waals surface area contributed by atoms with Crippen molar-refractivity contribution in [1.29, 1.82) is 0 Å². The van der Waals surface area contributed by atoms with Gasteiger partial charge in [0.1, 0.15) is 10.6 Å². The van der Waals surface area contributed by atoms with Crippen LogP contribution in [-0.4, -0.2) is 20.7 Å². The van der Waals surface area contributed by atoms with Crippen molar-refractivity contribution >= 4 is 32.4 Å². The van der Waals surface area contributed by atoms with E-state index in [1.807, 2.05) is 31.2 Å². The van der Waals surface area contributed by atoms with E-state index in [9.17, 15) is 8.42 Å². The van der Waals surface area contributed by atoms with E-state index in [4.69, 9.17) is 9.26 Å². The largest absolute Gasteiger partial charge is 0.495 e. The Bertz CT molecular complexity index is 1180. The number of aromatic nitrogens is 1. The van der Waals surface area contributed by atoms with Gasteiger partial charge in [-0.15, -0.1) is 0 Å². The number of hydrogen-bond acceptors (Lipinski definition) is 5. The zero-order chi connectivity index (χ0) is 20.4. The second-order valence-corrected chi connectivity index (χ2v) is 8.78. The second-order valence-electron chi connectivity index (χ2n) is 7.13. The van der Waals surface area contributed by atoms with Gasteiger partial charge in [0.05, 0.1) is 12.5 Å². The van der Waals surface area contributed by atoms with Crippen LogP contribution in [-0.2, 0) is 16.4 Å². The molecule has 0 bridgehead atoms. The third-order valence-electron chi connectivity index (χ3n) is 5.29. The quantitative estimate of drug-likeness (QED) is 0.605. The highest BCUT2D eigenvalue weighted by atomic mass is 32.2. The average molecular weight is 413 g/mol. The van der Waals surface area contributed by atoms with Crippen molar-refractivity contribution in [1.82, 2.24) is 5.16 Å². The first-order valence-electron chi connectivity index (χ1n) is 9.81. The number of sulfonamides is 1. The first kappa shape index (κ1) is 19.5. The lowest BCUT2D eigenvalue weighted by Gasteiger charge is -2.13. The molecule has 7 heteroatoms. The van der Waals surface area contributed by atoms with Crippen molar-refractivity contribution in [2.24, 2.45) is 0 Å². The summed E-state index contributed by atoms with van der Waals surface area (Å²) in [5.41, 5.74) is 3.71. The maximum atomic E-state index is 13.1. The molecule has 1 heterocycles. The summed E-state index contributed by atoms with van der Waals surface area (Å²) in [6.07, 6.45) is 7.32. The lowest BCUT2D eigenvalue weighted by Crippen LogP contribution is -2.15. The summed E-state index contributed by atoms with van der Waals surface area (Å²) in [7, 11) is -2.45. The molecule has 1 aliphatic carbocycles. The third-order valence-corrected chi connectivity index (χ3v) is 6.65. The summed E-state index contributed by atoms with van der Waals surface area (Å²) in [4.78, 5) is 0.0849. The molecule has 0 saturated heterocycles. The topological polar surface area (TPSA) is 81.4 Å². The standard InChI is InChI=1S/C22H24N2O4S/c1-3-15-12-13-19(27-2)20(14-15)29(25,26)24-22-18-11-7-10-17(21(18)28-23-22)16-8-5-4-6-9-16/h7-8,10-14H,3-6,9H2,1-2H3,(H,23,24). The van der Waals surface area contributed by atoms with E-state index >= 15 is 0 Å². The lowest BCUT2D eigenvalue weighted by atomic mass is 9.93. The highest BCUT2D eigenvalue weighted by Gasteiger charge is 2.24. The molecule has 2 aromatic carbocycles. The van der Waals surface area contributed by atoms with Crippen molar-refractivity contribution in [3.8, 4) is 5.75 Å². The summed E-state index contributed by atoms with van der Waals surface area (Å²) >= 11 is 0. The predicted molar refractivity (Wildman–Crippen MR) is 114 cm³/mol. The van der Waals surface area contributed by atoms with Crippen molar-refractivity contribution < 1.29 is 17.7 Å². The minimum atomic E-state index is -3.90. The van der Waals surface area contributed by atoms with Gasteiger partial charge in [0.25, 0.3) is 10.0 Å². The number of ether oxygens (including phenoxy) is 1. The summed E-state index contributed by atoms with van der Waals surface area (Å²) in [6.45, 7) is 1.97. The summed E-state index contributed by atoms with van der Waals surface area (Å²) < 4.78 is 39.6. The van der Waals surface area contributed by atoms with Crippen LogP contribution in [0.15, 0.2) is 51.9 Å². The number of benzene rings is 2. The molecule has 152 valence electrons. The first-order valence-corrected chi connectivity index (χ1v) is 11.3. The Balaban J connectivity index is 1.74. The first-order chi connectivity index (χ1) is 14.0. The monoisotopic (exact) mass is 412 g/mol. The number of aryl methyl sites for hydroxylation is 1. The van der Waals surface area contributed by atoms with E-state index in [-0.39, 0.29) is 16.5 Å². The van der Waals surface area contributed by atoms with Crippen LogP contribution in [0.25, 0.3) is 16.5 Å². The van der Waals surface area contributed by atoms with Crippen LogP contribution < -0.4 is 9.46 Å². The molecule has 29 heavy (non-hydrogen) atoms. The molecule has 1 aromatic heterocycles. The van der Waals surface area contributed by atoms with Gasteiger partial charge in [0.15, 0.2) is 11.4 Å². The Morgan fingerprint density at radius 1 is 1.21 bits per heavy atom. The SMILES string of the molecule is CCc1ccc(OC)c(S(=O)(=O)Nc2noc3c(C4=CCCCC4)cccc23)c1. The highest BCUT2D eigenvalue weighted by Crippen LogP contribution is 2.35. The van der Waals surface area contributed by atoms with Crippen molar-refractivity contribution in [2.75, 3.05) is 11.8 Å². The van der Waals surface area contributed by atoms with E-state index in [1.54, 1.807) is 12.1 Å². The lowest BCUT2D eigenvalue weighted by molar-refractivity contribution is 0.402. The number of rotatable bonds is 6. The molecular weight excluding hydrogens is 388 g/mol. The average Bonchev–Trinajstić information content (AvgIpc) is 3.16. The minimum absolute atomic E-state index is 0.0849. The summed E-state index contributed by atoms with van der Waals surface area (Å²) in [6, 6.07) is 10.9. The van der Waals surface area contributed by atoms with E-state index < -0.39 is 10.0 Å². The molecule has 0 spiro atoms. The fourth-order valence-electron chi connectivity index (χ4n) is 3.70. The van der Waals surface area contributed by atoms with Gasteiger partial charge in [-0.1, -0.05) is 36.4 Å². The zero-order valence-corrected chi connectivity index (χ0v) is 17.4. The van der Waals surface area contributed by atoms with Gasteiger partial charge in [-0.3, -0.25) is 4.72 Å². The van der Waals surface area contributed by atoms with Crippen molar-refractivity contribution in [3.05, 3.63) is 53.6 Å². The normalized spacial score (nSPS) is 14.6. The van der Waals surface area contributed by atoms with Crippen molar-refractivity contribution in [3.63, 3.8) is 0 Å². The van der Waals surface area contributed by atoms with Crippen LogP contribution in [0.2, 0.25) is 0 Å². The zero-order valence-electron chi connectivity index (χ0n) is 16.6. The molecule has 3 aromatic rings. The maximum Gasteiger partial charge on any atom is 0.266 e. The molecule has 0 atom stereocenters. The number of nitrogens with one attached hydrogen (secondary N) is 1. The van der Waals surface area contributed by atoms with Crippen LogP contribution in [0, 0.1) is 0 Å². The smallest absolute Gasteiger partial charge is 0.266 e. The second kappa shape index (κ2) is 7.91. The molecule has 0 unspecified atom stereocenters. The number of nitrogens with zero attached hydrogens (tertiary/aromatic N) is 1. The molecule has 0 fully saturated rings. The number of allylic oxidation sites excluding steroid dienone is 2. The Morgan fingerprint density at radius 3 is 2.79 bits per heavy atom. The Kier molecular flexibility index (Phi) is 5.32. The molecular formula is C22H24N2O4S. The van der Waals surface area contributed by atoms with Crippen LogP contribution >= 0.6 is 0 Å². The Labute approximate surface area is 170 Å². The fourth-order valence-corrected chi connectivity index (χ4v) is 4.94. The summed E-state index contributed by atoms with van der Waals surface area (Å²) in [5.74, 6) is 0.470. The Hall–Kier alpha value is -2.80. The number of anilines is 1. The fraction of sp³-hybridized carbons (Fsp3) is 0.318. The number of para-hydroxylation sites is 1. The molecule has 0 amide bonds. The van der Waals surface area contributed by atoms with Gasteiger partial charge in [-0.2, -0.15) is 0 Å². The summed E-state index contributed by atoms with van der Waals surface area (Å²) in [5, 5.41) is 4.67. The molecule has 6 nitrogen and oxygen atoms in total. The predicted octanol–water partition coefficient (Wildman–Crippen LogP) is 5.16. The molecule has 1 N–H and O–H groups in total. The van der Waals surface area contributed by atoms with Gasteiger partial charge >= 0.3 is 0 Å². The number of hydrogen-bond donors (Lipinski definition) is 1. The number of fused-ring (bicyclic) bond motifs is 1. The molecule has 0 radical (unpaired) electrons. The van der Waals surface area contributed by atoms with Crippen molar-refractivity contribution in [2.45, 2.75) is 43.9 Å². The van der Waals surface area contributed by atoms with E-state index in [0.717, 1.165) is 36.8 Å².